The van der Waals surface area contributed by atoms with E-state index in [-0.39, 0.29) is 17.3 Å². The van der Waals surface area contributed by atoms with Crippen molar-refractivity contribution in [2.24, 2.45) is 11.1 Å². The number of rotatable bonds is 6. The molecule has 3 N–H and O–H groups in total. The fraction of sp³-hybridized carbons (Fsp3) is 0.615. The molecular weight excluding hydrogens is 260 g/mol. The first-order valence-corrected chi connectivity index (χ1v) is 6.58. The van der Waals surface area contributed by atoms with Crippen LogP contribution in [0.15, 0.2) is 6.07 Å². The standard InChI is InChI=1S/C13H20N4O3/c1-19-10-6-11(20-2)17-12(16-10)15-9(18)7-13(8-14)4-3-5-13/h6H,3-5,7-8,14H2,1-2H3,(H,15,16,17,18). The minimum Gasteiger partial charge on any atom is -0.481 e. The zero-order valence-corrected chi connectivity index (χ0v) is 11.8. The maximum absolute atomic E-state index is 12.1. The highest BCUT2D eigenvalue weighted by molar-refractivity contribution is 5.89. The molecule has 0 spiro atoms. The average molecular weight is 280 g/mol. The molecule has 7 heteroatoms. The zero-order valence-electron chi connectivity index (χ0n) is 11.8. The monoisotopic (exact) mass is 280 g/mol. The third kappa shape index (κ3) is 3.16. The molecule has 0 bridgehead atoms. The van der Waals surface area contributed by atoms with Gasteiger partial charge in [0.25, 0.3) is 0 Å². The SMILES string of the molecule is COc1cc(OC)nc(NC(=O)CC2(CN)CCC2)n1. The topological polar surface area (TPSA) is 99.4 Å². The number of ether oxygens (including phenoxy) is 2. The summed E-state index contributed by atoms with van der Waals surface area (Å²) in [5.74, 6) is 0.719. The van der Waals surface area contributed by atoms with Crippen LogP contribution in [0.2, 0.25) is 0 Å². The smallest absolute Gasteiger partial charge is 0.236 e. The highest BCUT2D eigenvalue weighted by Gasteiger charge is 2.37. The summed E-state index contributed by atoms with van der Waals surface area (Å²) in [6.07, 6.45) is 3.53. The van der Waals surface area contributed by atoms with Crippen LogP contribution >= 0.6 is 0 Å². The van der Waals surface area contributed by atoms with Gasteiger partial charge >= 0.3 is 0 Å². The van der Waals surface area contributed by atoms with Gasteiger partial charge in [-0.15, -0.1) is 0 Å². The molecule has 1 aromatic heterocycles. The van der Waals surface area contributed by atoms with Gasteiger partial charge in [0.2, 0.25) is 23.6 Å². The minimum atomic E-state index is -0.134. The average Bonchev–Trinajstić information content (AvgIpc) is 2.42. The first-order valence-electron chi connectivity index (χ1n) is 6.58. The quantitative estimate of drug-likeness (QED) is 0.805. The molecule has 1 aliphatic rings. The van der Waals surface area contributed by atoms with Gasteiger partial charge in [0.05, 0.1) is 20.3 Å². The second-order valence-corrected chi connectivity index (χ2v) is 5.06. The van der Waals surface area contributed by atoms with E-state index in [1.165, 1.54) is 14.2 Å². The van der Waals surface area contributed by atoms with Crippen LogP contribution in [-0.4, -0.2) is 36.6 Å². The minimum absolute atomic E-state index is 0.0486. The maximum Gasteiger partial charge on any atom is 0.236 e. The van der Waals surface area contributed by atoms with Gasteiger partial charge in [-0.2, -0.15) is 9.97 Å². The first-order chi connectivity index (χ1) is 9.60. The third-order valence-corrected chi connectivity index (χ3v) is 3.73. The van der Waals surface area contributed by atoms with Crippen molar-refractivity contribution in [2.75, 3.05) is 26.1 Å². The number of hydrogen-bond acceptors (Lipinski definition) is 6. The lowest BCUT2D eigenvalue weighted by Crippen LogP contribution is -2.40. The highest BCUT2D eigenvalue weighted by Crippen LogP contribution is 2.43. The van der Waals surface area contributed by atoms with Crippen molar-refractivity contribution in [2.45, 2.75) is 25.7 Å². The number of aromatic nitrogens is 2. The van der Waals surface area contributed by atoms with Crippen LogP contribution in [0, 0.1) is 5.41 Å². The predicted octanol–water partition coefficient (Wildman–Crippen LogP) is 0.951. The summed E-state index contributed by atoms with van der Waals surface area (Å²) in [6.45, 7) is 0.530. The Kier molecular flexibility index (Phi) is 4.39. The molecule has 1 fully saturated rings. The Morgan fingerprint density at radius 1 is 1.35 bits per heavy atom. The molecule has 1 amide bonds. The van der Waals surface area contributed by atoms with Crippen LogP contribution < -0.4 is 20.5 Å². The van der Waals surface area contributed by atoms with Gasteiger partial charge in [-0.3, -0.25) is 10.1 Å². The van der Waals surface area contributed by atoms with Gasteiger partial charge in [0.15, 0.2) is 0 Å². The Bertz CT molecular complexity index is 461. The Balaban J connectivity index is 2.03. The molecular formula is C13H20N4O3. The van der Waals surface area contributed by atoms with E-state index in [1.807, 2.05) is 0 Å². The van der Waals surface area contributed by atoms with Crippen molar-refractivity contribution in [1.29, 1.82) is 0 Å². The van der Waals surface area contributed by atoms with Crippen molar-refractivity contribution in [3.05, 3.63) is 6.07 Å². The molecule has 110 valence electrons. The number of carbonyl (C=O) groups excluding carboxylic acids is 1. The summed E-state index contributed by atoms with van der Waals surface area (Å²) in [5.41, 5.74) is 5.70. The normalized spacial score (nSPS) is 16.1. The summed E-state index contributed by atoms with van der Waals surface area (Å²) >= 11 is 0. The molecule has 0 unspecified atom stereocenters. The number of hydrogen-bond donors (Lipinski definition) is 2. The van der Waals surface area contributed by atoms with Crippen LogP contribution in [0.3, 0.4) is 0 Å². The van der Waals surface area contributed by atoms with Gasteiger partial charge in [-0.1, -0.05) is 6.42 Å². The lowest BCUT2D eigenvalue weighted by Gasteiger charge is -2.40. The van der Waals surface area contributed by atoms with Crippen molar-refractivity contribution >= 4 is 11.9 Å². The maximum atomic E-state index is 12.1. The van der Waals surface area contributed by atoms with Crippen LogP contribution in [-0.2, 0) is 4.79 Å². The molecule has 1 aromatic rings. The first kappa shape index (κ1) is 14.5. The fourth-order valence-corrected chi connectivity index (χ4v) is 2.31. The Hall–Kier alpha value is -1.89. The molecule has 0 atom stereocenters. The van der Waals surface area contributed by atoms with Crippen molar-refractivity contribution in [1.82, 2.24) is 9.97 Å². The molecule has 20 heavy (non-hydrogen) atoms. The largest absolute Gasteiger partial charge is 0.481 e. The second kappa shape index (κ2) is 6.04. The van der Waals surface area contributed by atoms with E-state index in [4.69, 9.17) is 15.2 Å². The van der Waals surface area contributed by atoms with Crippen LogP contribution in [0.25, 0.3) is 0 Å². The number of amides is 1. The number of anilines is 1. The summed E-state index contributed by atoms with van der Waals surface area (Å²) in [5, 5.41) is 2.67. The van der Waals surface area contributed by atoms with E-state index in [0.29, 0.717) is 24.7 Å². The van der Waals surface area contributed by atoms with Gasteiger partial charge in [-0.25, -0.2) is 0 Å². The van der Waals surface area contributed by atoms with E-state index in [2.05, 4.69) is 15.3 Å². The molecule has 1 saturated carbocycles. The Morgan fingerprint density at radius 2 is 1.95 bits per heavy atom. The summed E-state index contributed by atoms with van der Waals surface area (Å²) in [4.78, 5) is 20.2. The van der Waals surface area contributed by atoms with Crippen molar-refractivity contribution in [3.63, 3.8) is 0 Å². The summed E-state index contributed by atoms with van der Waals surface area (Å²) in [7, 11) is 2.98. The predicted molar refractivity (Wildman–Crippen MR) is 73.7 cm³/mol. The molecule has 2 rings (SSSR count). The molecule has 0 radical (unpaired) electrons. The highest BCUT2D eigenvalue weighted by atomic mass is 16.5. The number of nitrogens with two attached hydrogens (primary N) is 1. The van der Waals surface area contributed by atoms with E-state index in [1.54, 1.807) is 6.07 Å². The Labute approximate surface area is 117 Å². The number of carbonyl (C=O) groups is 1. The second-order valence-electron chi connectivity index (χ2n) is 5.06. The van der Waals surface area contributed by atoms with Gasteiger partial charge < -0.3 is 15.2 Å². The fourth-order valence-electron chi connectivity index (χ4n) is 2.31. The lowest BCUT2D eigenvalue weighted by molar-refractivity contribution is -0.119. The summed E-state index contributed by atoms with van der Waals surface area (Å²) in [6, 6.07) is 1.54. The number of nitrogens with zero attached hydrogens (tertiary/aromatic N) is 2. The van der Waals surface area contributed by atoms with Crippen molar-refractivity contribution in [3.8, 4) is 11.8 Å². The number of nitrogens with one attached hydrogen (secondary N) is 1. The molecule has 1 aliphatic carbocycles. The number of methoxy groups -OCH3 is 2. The van der Waals surface area contributed by atoms with Crippen LogP contribution in [0.5, 0.6) is 11.8 Å². The van der Waals surface area contributed by atoms with Gasteiger partial charge in [-0.05, 0) is 24.8 Å². The van der Waals surface area contributed by atoms with Gasteiger partial charge in [0.1, 0.15) is 0 Å². The van der Waals surface area contributed by atoms with E-state index < -0.39 is 0 Å². The molecule has 0 aliphatic heterocycles. The van der Waals surface area contributed by atoms with Crippen LogP contribution in [0.4, 0.5) is 5.95 Å². The van der Waals surface area contributed by atoms with Crippen LogP contribution in [0.1, 0.15) is 25.7 Å². The van der Waals surface area contributed by atoms with Gasteiger partial charge in [0, 0.05) is 6.42 Å². The van der Waals surface area contributed by atoms with E-state index in [9.17, 15) is 4.79 Å². The Morgan fingerprint density at radius 3 is 2.35 bits per heavy atom. The molecule has 0 saturated heterocycles. The molecule has 7 nitrogen and oxygen atoms in total. The summed E-state index contributed by atoms with van der Waals surface area (Å²) < 4.78 is 10.1. The van der Waals surface area contributed by atoms with E-state index >= 15 is 0 Å². The van der Waals surface area contributed by atoms with Crippen molar-refractivity contribution < 1.29 is 14.3 Å². The third-order valence-electron chi connectivity index (χ3n) is 3.73. The molecule has 1 heterocycles. The zero-order chi connectivity index (χ0) is 14.6. The van der Waals surface area contributed by atoms with E-state index in [0.717, 1.165) is 19.3 Å². The lowest BCUT2D eigenvalue weighted by atomic mass is 9.66. The molecule has 0 aromatic carbocycles.